The van der Waals surface area contributed by atoms with Crippen molar-refractivity contribution >= 4 is 5.97 Å². The maximum absolute atomic E-state index is 10.5. The fourth-order valence-corrected chi connectivity index (χ4v) is 0.387. The first-order valence-corrected chi connectivity index (χ1v) is 3.14. The lowest BCUT2D eigenvalue weighted by molar-refractivity contribution is -0.140. The molecule has 0 saturated heterocycles. The van der Waals surface area contributed by atoms with Crippen LogP contribution >= 0.6 is 0 Å². The van der Waals surface area contributed by atoms with Crippen LogP contribution in [-0.2, 0) is 9.53 Å². The van der Waals surface area contributed by atoms with Gasteiger partial charge in [-0.05, 0) is 13.8 Å². The number of allylic oxidation sites excluding steroid dienone is 1. The van der Waals surface area contributed by atoms with Gasteiger partial charge in [0.15, 0.2) is 0 Å². The summed E-state index contributed by atoms with van der Waals surface area (Å²) in [4.78, 5) is 10.5. The monoisotopic (exact) mass is 144 g/mol. The molecule has 58 valence electrons. The fraction of sp³-hybridized carbons (Fsp3) is 0.571. The summed E-state index contributed by atoms with van der Waals surface area (Å²) in [6.45, 7) is 3.34. The highest BCUT2D eigenvalue weighted by Gasteiger charge is 1.98. The first-order chi connectivity index (χ1) is 4.66. The van der Waals surface area contributed by atoms with E-state index in [-0.39, 0.29) is 6.61 Å². The number of rotatable bonds is 3. The van der Waals surface area contributed by atoms with E-state index in [1.54, 1.807) is 19.9 Å². The molecule has 1 atom stereocenters. The summed E-state index contributed by atoms with van der Waals surface area (Å²) in [6.07, 6.45) is 2.31. The van der Waals surface area contributed by atoms with Crippen molar-refractivity contribution in [1.29, 1.82) is 0 Å². The molecule has 3 nitrogen and oxygen atoms in total. The summed E-state index contributed by atoms with van der Waals surface area (Å²) in [6, 6.07) is 0. The minimum atomic E-state index is -0.589. The smallest absolute Gasteiger partial charge is 0.330 e. The van der Waals surface area contributed by atoms with Gasteiger partial charge in [0.2, 0.25) is 0 Å². The van der Waals surface area contributed by atoms with Crippen LogP contribution in [0.4, 0.5) is 0 Å². The molecule has 0 aromatic carbocycles. The highest BCUT2D eigenvalue weighted by atomic mass is 16.5. The Hall–Kier alpha value is -0.830. The molecule has 0 aliphatic rings. The van der Waals surface area contributed by atoms with Crippen LogP contribution < -0.4 is 0 Å². The highest BCUT2D eigenvalue weighted by Crippen LogP contribution is 1.85. The zero-order valence-electron chi connectivity index (χ0n) is 6.20. The van der Waals surface area contributed by atoms with Crippen LogP contribution in [-0.4, -0.2) is 23.8 Å². The van der Waals surface area contributed by atoms with Gasteiger partial charge in [-0.25, -0.2) is 4.79 Å². The first-order valence-electron chi connectivity index (χ1n) is 3.14. The molecule has 0 aromatic heterocycles. The van der Waals surface area contributed by atoms with Crippen LogP contribution in [0.25, 0.3) is 0 Å². The Morgan fingerprint density at radius 1 is 1.80 bits per heavy atom. The summed E-state index contributed by atoms with van der Waals surface area (Å²) < 4.78 is 4.57. The first kappa shape index (κ1) is 9.17. The Balaban J connectivity index is 3.40. The lowest BCUT2D eigenvalue weighted by Crippen LogP contribution is -2.13. The maximum atomic E-state index is 10.5. The average Bonchev–Trinajstić information content (AvgIpc) is 1.85. The van der Waals surface area contributed by atoms with Crippen molar-refractivity contribution in [2.24, 2.45) is 0 Å². The fourth-order valence-electron chi connectivity index (χ4n) is 0.387. The SMILES string of the molecule is C/C=C\C(=O)OCC(C)O. The molecule has 3 heteroatoms. The summed E-state index contributed by atoms with van der Waals surface area (Å²) in [5.74, 6) is -0.414. The predicted molar refractivity (Wildman–Crippen MR) is 37.5 cm³/mol. The second-order valence-corrected chi connectivity index (χ2v) is 1.98. The maximum Gasteiger partial charge on any atom is 0.330 e. The molecule has 0 fully saturated rings. The topological polar surface area (TPSA) is 46.5 Å². The third kappa shape index (κ3) is 5.31. The lowest BCUT2D eigenvalue weighted by Gasteiger charge is -2.02. The van der Waals surface area contributed by atoms with Crippen LogP contribution in [0.2, 0.25) is 0 Å². The standard InChI is InChI=1S/C7H12O3/c1-3-4-7(9)10-5-6(2)8/h3-4,6,8H,5H2,1-2H3/b4-3-. The van der Waals surface area contributed by atoms with Gasteiger partial charge < -0.3 is 9.84 Å². The Labute approximate surface area is 60.3 Å². The van der Waals surface area contributed by atoms with Crippen LogP contribution in [0.15, 0.2) is 12.2 Å². The lowest BCUT2D eigenvalue weighted by atomic mass is 10.4. The van der Waals surface area contributed by atoms with Gasteiger partial charge in [-0.15, -0.1) is 0 Å². The van der Waals surface area contributed by atoms with E-state index in [0.717, 1.165) is 0 Å². The van der Waals surface area contributed by atoms with Crippen LogP contribution in [0.5, 0.6) is 0 Å². The minimum absolute atomic E-state index is 0.0587. The second kappa shape index (κ2) is 4.99. The van der Waals surface area contributed by atoms with Crippen molar-refractivity contribution in [2.45, 2.75) is 20.0 Å². The van der Waals surface area contributed by atoms with E-state index >= 15 is 0 Å². The van der Waals surface area contributed by atoms with Gasteiger partial charge >= 0.3 is 5.97 Å². The second-order valence-electron chi connectivity index (χ2n) is 1.98. The van der Waals surface area contributed by atoms with Gasteiger partial charge in [0.1, 0.15) is 6.61 Å². The number of carbonyl (C=O) groups excluding carboxylic acids is 1. The summed E-state index contributed by atoms with van der Waals surface area (Å²) in [5, 5.41) is 8.67. The average molecular weight is 144 g/mol. The molecule has 10 heavy (non-hydrogen) atoms. The molecule has 1 unspecified atom stereocenters. The molecular weight excluding hydrogens is 132 g/mol. The molecule has 0 bridgehead atoms. The third-order valence-corrected chi connectivity index (χ3v) is 0.770. The molecule has 0 aliphatic heterocycles. The van der Waals surface area contributed by atoms with Crippen molar-refractivity contribution in [3.05, 3.63) is 12.2 Å². The minimum Gasteiger partial charge on any atom is -0.460 e. The zero-order valence-corrected chi connectivity index (χ0v) is 6.20. The Morgan fingerprint density at radius 2 is 2.40 bits per heavy atom. The van der Waals surface area contributed by atoms with E-state index in [2.05, 4.69) is 4.74 Å². The van der Waals surface area contributed by atoms with Crippen LogP contribution in [0.1, 0.15) is 13.8 Å². The van der Waals surface area contributed by atoms with Gasteiger partial charge in [0, 0.05) is 6.08 Å². The number of ether oxygens (including phenoxy) is 1. The number of aliphatic hydroxyl groups is 1. The van der Waals surface area contributed by atoms with Crippen molar-refractivity contribution in [3.63, 3.8) is 0 Å². The van der Waals surface area contributed by atoms with Gasteiger partial charge in [0.25, 0.3) is 0 Å². The number of hydrogen-bond donors (Lipinski definition) is 1. The normalized spacial score (nSPS) is 13.5. The zero-order chi connectivity index (χ0) is 7.98. The van der Waals surface area contributed by atoms with Gasteiger partial charge in [-0.2, -0.15) is 0 Å². The molecule has 0 aliphatic carbocycles. The third-order valence-electron chi connectivity index (χ3n) is 0.770. The van der Waals surface area contributed by atoms with E-state index in [0.29, 0.717) is 0 Å². The quantitative estimate of drug-likeness (QED) is 0.463. The summed E-state index contributed by atoms with van der Waals surface area (Å²) in [5.41, 5.74) is 0. The molecule has 0 rings (SSSR count). The Morgan fingerprint density at radius 3 is 2.80 bits per heavy atom. The Kier molecular flexibility index (Phi) is 4.58. The largest absolute Gasteiger partial charge is 0.460 e. The predicted octanol–water partition coefficient (Wildman–Crippen LogP) is 0.486. The van der Waals surface area contributed by atoms with E-state index in [9.17, 15) is 4.79 Å². The number of aliphatic hydroxyl groups excluding tert-OH is 1. The van der Waals surface area contributed by atoms with Gasteiger partial charge in [0.05, 0.1) is 6.10 Å². The number of carbonyl (C=O) groups is 1. The van der Waals surface area contributed by atoms with Crippen LogP contribution in [0.3, 0.4) is 0 Å². The molecular formula is C7H12O3. The number of hydrogen-bond acceptors (Lipinski definition) is 3. The molecule has 0 radical (unpaired) electrons. The summed E-state index contributed by atoms with van der Waals surface area (Å²) in [7, 11) is 0. The van der Waals surface area contributed by atoms with E-state index in [1.807, 2.05) is 0 Å². The molecule has 0 heterocycles. The molecule has 0 spiro atoms. The van der Waals surface area contributed by atoms with Crippen molar-refractivity contribution < 1.29 is 14.6 Å². The van der Waals surface area contributed by atoms with E-state index < -0.39 is 12.1 Å². The molecule has 0 amide bonds. The molecule has 0 aromatic rings. The Bertz CT molecular complexity index is 127. The van der Waals surface area contributed by atoms with E-state index in [1.165, 1.54) is 6.08 Å². The van der Waals surface area contributed by atoms with Crippen molar-refractivity contribution in [1.82, 2.24) is 0 Å². The highest BCUT2D eigenvalue weighted by molar-refractivity contribution is 5.81. The van der Waals surface area contributed by atoms with Gasteiger partial charge in [-0.1, -0.05) is 6.08 Å². The number of esters is 1. The summed E-state index contributed by atoms with van der Waals surface area (Å²) >= 11 is 0. The van der Waals surface area contributed by atoms with Crippen molar-refractivity contribution in [2.75, 3.05) is 6.61 Å². The molecule has 1 N–H and O–H groups in total. The van der Waals surface area contributed by atoms with Gasteiger partial charge in [-0.3, -0.25) is 0 Å². The molecule has 0 saturated carbocycles. The van der Waals surface area contributed by atoms with E-state index in [4.69, 9.17) is 5.11 Å². The van der Waals surface area contributed by atoms with Crippen LogP contribution in [0, 0.1) is 0 Å². The van der Waals surface area contributed by atoms with Crippen molar-refractivity contribution in [3.8, 4) is 0 Å².